The van der Waals surface area contributed by atoms with Gasteiger partial charge in [0, 0.05) is 30.9 Å². The third-order valence-electron chi connectivity index (χ3n) is 5.19. The van der Waals surface area contributed by atoms with E-state index in [-0.39, 0.29) is 22.6 Å². The highest BCUT2D eigenvalue weighted by Crippen LogP contribution is 2.22. The molecule has 2 amide bonds. The normalized spacial score (nSPS) is 16.4. The van der Waals surface area contributed by atoms with Gasteiger partial charge in [-0.05, 0) is 50.1 Å². The fourth-order valence-electron chi connectivity index (χ4n) is 3.52. The molecular formula is C23H27N3O4S. The minimum Gasteiger partial charge on any atom is -0.352 e. The average Bonchev–Trinajstić information content (AvgIpc) is 2.77. The van der Waals surface area contributed by atoms with Crippen molar-refractivity contribution < 1.29 is 18.0 Å². The Morgan fingerprint density at radius 1 is 1.19 bits per heavy atom. The number of rotatable bonds is 7. The Kier molecular flexibility index (Phi) is 7.12. The van der Waals surface area contributed by atoms with Gasteiger partial charge in [-0.25, -0.2) is 8.42 Å². The van der Waals surface area contributed by atoms with Gasteiger partial charge in [-0.3, -0.25) is 14.3 Å². The Labute approximate surface area is 183 Å². The molecule has 0 spiro atoms. The molecule has 1 saturated heterocycles. The molecule has 0 radical (unpaired) electrons. The van der Waals surface area contributed by atoms with Crippen molar-refractivity contribution in [1.29, 1.82) is 0 Å². The van der Waals surface area contributed by atoms with Gasteiger partial charge in [0.05, 0.1) is 10.8 Å². The van der Waals surface area contributed by atoms with Gasteiger partial charge >= 0.3 is 0 Å². The molecule has 1 aliphatic rings. The Balaban J connectivity index is 1.72. The molecule has 2 N–H and O–H groups in total. The van der Waals surface area contributed by atoms with E-state index >= 15 is 0 Å². The number of hydrogen-bond acceptors (Lipinski definition) is 4. The fourth-order valence-corrected chi connectivity index (χ4v) is 4.57. The van der Waals surface area contributed by atoms with Gasteiger partial charge in [0.15, 0.2) is 0 Å². The summed E-state index contributed by atoms with van der Waals surface area (Å²) in [7, 11) is -3.76. The SMILES string of the molecule is C=CCNC(=O)C1CCCN(C(=O)c2cccc(NS(=O)(=O)c3ccc(C)cc3)c2)C1. The van der Waals surface area contributed by atoms with Gasteiger partial charge in [-0.2, -0.15) is 0 Å². The maximum atomic E-state index is 13.0. The predicted molar refractivity (Wildman–Crippen MR) is 120 cm³/mol. The lowest BCUT2D eigenvalue weighted by atomic mass is 9.96. The van der Waals surface area contributed by atoms with E-state index in [9.17, 15) is 18.0 Å². The first-order valence-electron chi connectivity index (χ1n) is 10.2. The number of amides is 2. The quantitative estimate of drug-likeness (QED) is 0.646. The van der Waals surface area contributed by atoms with Crippen molar-refractivity contribution in [2.24, 2.45) is 5.92 Å². The van der Waals surface area contributed by atoms with Crippen molar-refractivity contribution in [3.8, 4) is 0 Å². The van der Waals surface area contributed by atoms with Crippen molar-refractivity contribution in [3.05, 3.63) is 72.3 Å². The zero-order chi connectivity index (χ0) is 22.4. The number of likely N-dealkylation sites (tertiary alicyclic amines) is 1. The summed E-state index contributed by atoms with van der Waals surface area (Å²) in [6, 6.07) is 12.9. The minimum absolute atomic E-state index is 0.0861. The van der Waals surface area contributed by atoms with Crippen molar-refractivity contribution >= 4 is 27.5 Å². The topological polar surface area (TPSA) is 95.6 Å². The minimum atomic E-state index is -3.76. The average molecular weight is 442 g/mol. The number of carbonyl (C=O) groups excluding carboxylic acids is 2. The molecular weight excluding hydrogens is 414 g/mol. The molecule has 31 heavy (non-hydrogen) atoms. The molecule has 2 aromatic carbocycles. The number of sulfonamides is 1. The number of carbonyl (C=O) groups is 2. The van der Waals surface area contributed by atoms with E-state index in [1.165, 1.54) is 18.2 Å². The molecule has 0 bridgehead atoms. The molecule has 1 unspecified atom stereocenters. The largest absolute Gasteiger partial charge is 0.352 e. The third-order valence-corrected chi connectivity index (χ3v) is 6.59. The van der Waals surface area contributed by atoms with Crippen LogP contribution in [0.1, 0.15) is 28.8 Å². The Morgan fingerprint density at radius 2 is 1.94 bits per heavy atom. The van der Waals surface area contributed by atoms with Crippen LogP contribution in [0.2, 0.25) is 0 Å². The van der Waals surface area contributed by atoms with Crippen LogP contribution in [0.25, 0.3) is 0 Å². The van der Waals surface area contributed by atoms with Gasteiger partial charge in [0.1, 0.15) is 0 Å². The predicted octanol–water partition coefficient (Wildman–Crippen LogP) is 2.95. The Morgan fingerprint density at radius 3 is 2.65 bits per heavy atom. The molecule has 3 rings (SSSR count). The van der Waals surface area contributed by atoms with Crippen molar-refractivity contribution in [2.75, 3.05) is 24.4 Å². The lowest BCUT2D eigenvalue weighted by molar-refractivity contribution is -0.126. The fraction of sp³-hybridized carbons (Fsp3) is 0.304. The second-order valence-corrected chi connectivity index (χ2v) is 9.31. The number of nitrogens with zero attached hydrogens (tertiary/aromatic N) is 1. The van der Waals surface area contributed by atoms with E-state index in [0.717, 1.165) is 18.4 Å². The van der Waals surface area contributed by atoms with Crippen LogP contribution in [0.4, 0.5) is 5.69 Å². The van der Waals surface area contributed by atoms with Gasteiger partial charge < -0.3 is 10.2 Å². The van der Waals surface area contributed by atoms with Crippen molar-refractivity contribution in [2.45, 2.75) is 24.7 Å². The van der Waals surface area contributed by atoms with Crippen LogP contribution in [-0.2, 0) is 14.8 Å². The van der Waals surface area contributed by atoms with E-state index in [1.807, 2.05) is 6.92 Å². The number of aryl methyl sites for hydroxylation is 1. The number of benzene rings is 2. The van der Waals surface area contributed by atoms with E-state index in [2.05, 4.69) is 16.6 Å². The maximum absolute atomic E-state index is 13.0. The van der Waals surface area contributed by atoms with E-state index in [4.69, 9.17) is 0 Å². The Bertz CT molecular complexity index is 1060. The molecule has 8 heteroatoms. The van der Waals surface area contributed by atoms with Gasteiger partial charge in [0.25, 0.3) is 15.9 Å². The molecule has 164 valence electrons. The second-order valence-electron chi connectivity index (χ2n) is 7.62. The van der Waals surface area contributed by atoms with Gasteiger partial charge in [-0.1, -0.05) is 29.8 Å². The molecule has 1 fully saturated rings. The lowest BCUT2D eigenvalue weighted by Crippen LogP contribution is -2.45. The standard InChI is InChI=1S/C23H27N3O4S/c1-3-13-24-22(27)19-7-5-14-26(16-19)23(28)18-6-4-8-20(15-18)25-31(29,30)21-11-9-17(2)10-12-21/h3-4,6,8-12,15,19,25H,1,5,7,13-14,16H2,2H3,(H,24,27). The molecule has 0 aliphatic carbocycles. The van der Waals surface area contributed by atoms with Crippen LogP contribution in [0, 0.1) is 12.8 Å². The first kappa shape index (κ1) is 22.6. The summed E-state index contributed by atoms with van der Waals surface area (Å²) in [5, 5.41) is 2.78. The van der Waals surface area contributed by atoms with Crippen LogP contribution in [0.3, 0.4) is 0 Å². The first-order chi connectivity index (χ1) is 14.8. The smallest absolute Gasteiger partial charge is 0.261 e. The van der Waals surface area contributed by atoms with Gasteiger partial charge in [-0.15, -0.1) is 6.58 Å². The summed E-state index contributed by atoms with van der Waals surface area (Å²) in [6.45, 7) is 6.76. The monoisotopic (exact) mass is 441 g/mol. The summed E-state index contributed by atoms with van der Waals surface area (Å²) in [6.07, 6.45) is 3.08. The molecule has 0 aromatic heterocycles. The first-order valence-corrected chi connectivity index (χ1v) is 11.7. The van der Waals surface area contributed by atoms with Crippen molar-refractivity contribution in [3.63, 3.8) is 0 Å². The number of hydrogen-bond donors (Lipinski definition) is 2. The Hall–Kier alpha value is -3.13. The summed E-state index contributed by atoms with van der Waals surface area (Å²) >= 11 is 0. The van der Waals surface area contributed by atoms with E-state index in [0.29, 0.717) is 30.9 Å². The zero-order valence-electron chi connectivity index (χ0n) is 17.5. The van der Waals surface area contributed by atoms with Crippen LogP contribution in [0.5, 0.6) is 0 Å². The summed E-state index contributed by atoms with van der Waals surface area (Å²) < 4.78 is 27.8. The van der Waals surface area contributed by atoms with Crippen molar-refractivity contribution in [1.82, 2.24) is 10.2 Å². The highest BCUT2D eigenvalue weighted by molar-refractivity contribution is 7.92. The highest BCUT2D eigenvalue weighted by Gasteiger charge is 2.29. The van der Waals surface area contributed by atoms with Crippen LogP contribution in [0.15, 0.2) is 66.1 Å². The van der Waals surface area contributed by atoms with Crippen LogP contribution < -0.4 is 10.0 Å². The third kappa shape index (κ3) is 5.73. The maximum Gasteiger partial charge on any atom is 0.261 e. The van der Waals surface area contributed by atoms with Crippen LogP contribution >= 0.6 is 0 Å². The van der Waals surface area contributed by atoms with E-state index in [1.54, 1.807) is 41.3 Å². The molecule has 0 saturated carbocycles. The number of nitrogens with one attached hydrogen (secondary N) is 2. The van der Waals surface area contributed by atoms with Gasteiger partial charge in [0.2, 0.25) is 5.91 Å². The second kappa shape index (κ2) is 9.78. The number of piperidine rings is 1. The highest BCUT2D eigenvalue weighted by atomic mass is 32.2. The molecule has 1 atom stereocenters. The molecule has 1 aliphatic heterocycles. The number of anilines is 1. The lowest BCUT2D eigenvalue weighted by Gasteiger charge is -2.32. The molecule has 2 aromatic rings. The summed E-state index contributed by atoms with van der Waals surface area (Å²) in [5.41, 5.74) is 1.64. The summed E-state index contributed by atoms with van der Waals surface area (Å²) in [5.74, 6) is -0.574. The molecule has 1 heterocycles. The summed E-state index contributed by atoms with van der Waals surface area (Å²) in [4.78, 5) is 27.1. The van der Waals surface area contributed by atoms with Crippen LogP contribution in [-0.4, -0.2) is 44.8 Å². The van der Waals surface area contributed by atoms with E-state index < -0.39 is 10.0 Å². The zero-order valence-corrected chi connectivity index (χ0v) is 18.3. The molecule has 7 nitrogen and oxygen atoms in total.